The normalized spacial score (nSPS) is 10.4. The van der Waals surface area contributed by atoms with Gasteiger partial charge in [0.25, 0.3) is 0 Å². The van der Waals surface area contributed by atoms with Crippen LogP contribution in [-0.2, 0) is 45.4 Å². The standard InChI is InChI=1S/C22H19ClF2N2O4.C22H20F2N2O4.C22H20FIN2O4.C22H21FN2O4/c1-14(28)27(12-15-10-17(29-2)6-8-20(15)30-13-24)19-4-3-9-26-22(19)31-21-7-5-16(23)11-18(21)25;1-15(27)26(13-16-12-17(28-2)9-10-20(16)29-14-23)19-7-5-11-25-22(19)30-21-8-4-3-6-18(21)24;1-15(27)26(13-16-12-19(28-2)9-10-21(16)29-14-23)20-4-3-11-25-22(20)30-18-7-5-17(24)6-8-18;1-16(26)25(14-17-13-19(27-2)10-11-21(17)28-15-23)20-9-6-12-24-22(20)29-18-7-4-3-5-8-18/h3-11H,12-13H2,1-2H3;2*3-12H,13-14H2,1-2H3;3-13H,14-15H2,1-2H3. The van der Waals surface area contributed by atoms with Crippen LogP contribution in [0.15, 0.2) is 243 Å². The van der Waals surface area contributed by atoms with E-state index in [-0.39, 0.29) is 101 Å². The summed E-state index contributed by atoms with van der Waals surface area (Å²) in [5.41, 5.74) is 3.77. The summed E-state index contributed by atoms with van der Waals surface area (Å²) in [4.78, 5) is 72.5. The number of halogens is 8. The van der Waals surface area contributed by atoms with Gasteiger partial charge in [-0.1, -0.05) is 41.9 Å². The topological polar surface area (TPSA) is 244 Å². The Morgan fingerprint density at radius 1 is 0.325 bits per heavy atom. The molecule has 12 rings (SSSR count). The molecule has 8 aromatic carbocycles. The summed E-state index contributed by atoms with van der Waals surface area (Å²) in [6.07, 6.45) is 6.10. The molecule has 0 spiro atoms. The van der Waals surface area contributed by atoms with Gasteiger partial charge in [-0.25, -0.2) is 46.3 Å². The van der Waals surface area contributed by atoms with E-state index in [1.807, 2.05) is 42.5 Å². The molecule has 0 bridgehead atoms. The van der Waals surface area contributed by atoms with Crippen LogP contribution in [0.25, 0.3) is 0 Å². The Balaban J connectivity index is 0.000000182. The fraction of sp³-hybridized carbons (Fsp3) is 0.182. The Hall–Kier alpha value is -13.6. The van der Waals surface area contributed by atoms with E-state index >= 15 is 0 Å². The molecule has 4 heterocycles. The molecule has 0 atom stereocenters. The molecule has 0 aliphatic carbocycles. The van der Waals surface area contributed by atoms with E-state index in [0.717, 1.165) is 9.64 Å². The van der Waals surface area contributed by atoms with Crippen molar-refractivity contribution in [3.8, 4) is 92.5 Å². The molecule has 0 unspecified atom stereocenters. The minimum Gasteiger partial charge on any atom is -0.497 e. The van der Waals surface area contributed by atoms with Gasteiger partial charge < -0.3 is 76.4 Å². The van der Waals surface area contributed by atoms with Gasteiger partial charge in [-0.05, 0) is 211 Å². The minimum absolute atomic E-state index is 0.00696. The average molecular weight is 1780 g/mol. The molecule has 4 amide bonds. The van der Waals surface area contributed by atoms with E-state index in [1.165, 1.54) is 112 Å². The molecule has 24 nitrogen and oxygen atoms in total. The summed E-state index contributed by atoms with van der Waals surface area (Å²) in [6.45, 7) is 1.88. The molecule has 12 aromatic rings. The molecule has 624 valence electrons. The number of carbonyl (C=O) groups is 4. The van der Waals surface area contributed by atoms with Gasteiger partial charge in [0.15, 0.2) is 23.1 Å². The number of amides is 4. The lowest BCUT2D eigenvalue weighted by atomic mass is 10.1. The molecule has 0 saturated heterocycles. The number of ether oxygens (including phenoxy) is 12. The maximum atomic E-state index is 14.2. The second-order valence-corrected chi connectivity index (χ2v) is 26.5. The number of carbonyl (C=O) groups excluding carboxylic acids is 4. The Labute approximate surface area is 706 Å². The second kappa shape index (κ2) is 45.8. The number of para-hydroxylation sites is 2. The van der Waals surface area contributed by atoms with E-state index in [2.05, 4.69) is 42.5 Å². The van der Waals surface area contributed by atoms with Crippen LogP contribution in [0.4, 0.5) is 49.1 Å². The quantitative estimate of drug-likeness (QED) is 0.0281. The van der Waals surface area contributed by atoms with E-state index in [9.17, 15) is 45.5 Å². The van der Waals surface area contributed by atoms with Crippen molar-refractivity contribution in [2.45, 2.75) is 53.9 Å². The molecule has 0 aliphatic heterocycles. The van der Waals surface area contributed by atoms with Crippen molar-refractivity contribution < 1.29 is 102 Å². The number of pyridine rings is 4. The van der Waals surface area contributed by atoms with Gasteiger partial charge in [0.1, 0.15) is 80.2 Å². The maximum Gasteiger partial charge on any atom is 0.243 e. The van der Waals surface area contributed by atoms with Gasteiger partial charge in [0.05, 0.1) is 54.6 Å². The zero-order valence-corrected chi connectivity index (χ0v) is 68.8. The first-order valence-corrected chi connectivity index (χ1v) is 37.6. The summed E-state index contributed by atoms with van der Waals surface area (Å²) < 4.78 is 145. The number of methoxy groups -OCH3 is 4. The number of anilines is 4. The van der Waals surface area contributed by atoms with Crippen molar-refractivity contribution in [3.63, 3.8) is 0 Å². The summed E-state index contributed by atoms with van der Waals surface area (Å²) >= 11 is 7.99. The van der Waals surface area contributed by atoms with Gasteiger partial charge in [-0.15, -0.1) is 0 Å². The SMILES string of the molecule is COc1ccc(OCF)c(CN(C(C)=O)c2cccnc2Oc2ccc(Cl)cc2F)c1.COc1ccc(OCF)c(CN(C(C)=O)c2cccnc2Oc2ccc(I)cc2)c1.COc1ccc(OCF)c(CN(C(C)=O)c2cccnc2Oc2ccccc2)c1.COc1ccc(OCF)c(CN(C(C)=O)c2cccnc2Oc2ccccc2F)c1. The Kier molecular flexibility index (Phi) is 34.5. The van der Waals surface area contributed by atoms with E-state index in [4.69, 9.17) is 68.4 Å². The molecule has 0 N–H and O–H groups in total. The number of nitrogens with zero attached hydrogens (tertiary/aromatic N) is 8. The van der Waals surface area contributed by atoms with Gasteiger partial charge in [0, 0.05) is 83.3 Å². The summed E-state index contributed by atoms with van der Waals surface area (Å²) in [5, 5.41) is 0.217. The smallest absolute Gasteiger partial charge is 0.243 e. The first-order chi connectivity index (χ1) is 58.1. The first-order valence-electron chi connectivity index (χ1n) is 36.2. The van der Waals surface area contributed by atoms with E-state index < -0.39 is 39.1 Å². The highest BCUT2D eigenvalue weighted by Crippen LogP contribution is 2.40. The highest BCUT2D eigenvalue weighted by atomic mass is 127. The zero-order valence-electron chi connectivity index (χ0n) is 65.9. The van der Waals surface area contributed by atoms with Crippen LogP contribution >= 0.6 is 34.2 Å². The predicted octanol–water partition coefficient (Wildman–Crippen LogP) is 20.5. The van der Waals surface area contributed by atoms with Gasteiger partial charge in [0.2, 0.25) is 74.6 Å². The van der Waals surface area contributed by atoms with Crippen LogP contribution in [0.2, 0.25) is 5.02 Å². The molecular formula is C88H80ClF6IN8O16. The molecule has 0 saturated carbocycles. The van der Waals surface area contributed by atoms with Crippen molar-refractivity contribution in [2.24, 2.45) is 0 Å². The monoisotopic (exact) mass is 1780 g/mol. The Morgan fingerprint density at radius 2 is 0.608 bits per heavy atom. The van der Waals surface area contributed by atoms with E-state index in [0.29, 0.717) is 91.0 Å². The third kappa shape index (κ3) is 25.7. The lowest BCUT2D eigenvalue weighted by molar-refractivity contribution is -0.117. The van der Waals surface area contributed by atoms with Crippen LogP contribution in [-0.4, -0.2) is 99.4 Å². The molecule has 32 heteroatoms. The van der Waals surface area contributed by atoms with Crippen LogP contribution < -0.4 is 76.4 Å². The van der Waals surface area contributed by atoms with Crippen LogP contribution in [0.5, 0.6) is 92.5 Å². The molecule has 4 aromatic heterocycles. The lowest BCUT2D eigenvalue weighted by Crippen LogP contribution is -2.28. The van der Waals surface area contributed by atoms with Crippen molar-refractivity contribution in [1.82, 2.24) is 19.9 Å². The highest BCUT2D eigenvalue weighted by Gasteiger charge is 2.27. The number of hydrogen-bond acceptors (Lipinski definition) is 20. The van der Waals surface area contributed by atoms with Gasteiger partial charge in [-0.3, -0.25) is 19.2 Å². The zero-order chi connectivity index (χ0) is 86.0. The van der Waals surface area contributed by atoms with Crippen molar-refractivity contribution >= 4 is 80.6 Å². The minimum atomic E-state index is -1.03. The fourth-order valence-corrected chi connectivity index (χ4v) is 11.9. The largest absolute Gasteiger partial charge is 0.497 e. The van der Waals surface area contributed by atoms with Crippen molar-refractivity contribution in [3.05, 3.63) is 286 Å². The van der Waals surface area contributed by atoms with Crippen molar-refractivity contribution in [2.75, 3.05) is 75.5 Å². The Morgan fingerprint density at radius 3 is 0.908 bits per heavy atom. The second-order valence-electron chi connectivity index (χ2n) is 24.8. The van der Waals surface area contributed by atoms with Gasteiger partial charge in [-0.2, -0.15) is 0 Å². The number of aromatic nitrogens is 4. The third-order valence-corrected chi connectivity index (χ3v) is 18.0. The van der Waals surface area contributed by atoms with Crippen LogP contribution in [0.1, 0.15) is 49.9 Å². The molecular weight excluding hydrogens is 1700 g/mol. The number of alkyl halides is 4. The first kappa shape index (κ1) is 90.4. The number of rotatable bonds is 32. The third-order valence-electron chi connectivity index (χ3n) is 17.0. The predicted molar refractivity (Wildman–Crippen MR) is 446 cm³/mol. The maximum absolute atomic E-state index is 14.2. The lowest BCUT2D eigenvalue weighted by Gasteiger charge is -2.24. The molecule has 0 radical (unpaired) electrons. The van der Waals surface area contributed by atoms with Crippen LogP contribution in [0, 0.1) is 15.2 Å². The number of hydrogen-bond donors (Lipinski definition) is 0. The Bertz CT molecular complexity index is 5410. The fourth-order valence-electron chi connectivity index (χ4n) is 11.3. The van der Waals surface area contributed by atoms with Crippen LogP contribution in [0.3, 0.4) is 0 Å². The molecule has 0 aliphatic rings. The molecule has 0 fully saturated rings. The highest BCUT2D eigenvalue weighted by molar-refractivity contribution is 14.1. The van der Waals surface area contributed by atoms with Crippen molar-refractivity contribution in [1.29, 1.82) is 0 Å². The van der Waals surface area contributed by atoms with Gasteiger partial charge >= 0.3 is 0 Å². The summed E-state index contributed by atoms with van der Waals surface area (Å²) in [7, 11) is 6.06. The summed E-state index contributed by atoms with van der Waals surface area (Å²) in [6, 6.07) is 59.5. The molecule has 120 heavy (non-hydrogen) atoms. The summed E-state index contributed by atoms with van der Waals surface area (Å²) in [5.74, 6) is 2.68. The average Bonchev–Trinajstić information content (AvgIpc) is 0.824. The van der Waals surface area contributed by atoms with E-state index in [1.54, 1.807) is 158 Å². The number of benzene rings is 8.